The van der Waals surface area contributed by atoms with Crippen LogP contribution in [0.2, 0.25) is 0 Å². The topological polar surface area (TPSA) is 81.4 Å². The summed E-state index contributed by atoms with van der Waals surface area (Å²) in [4.78, 5) is 0.246. The van der Waals surface area contributed by atoms with Crippen LogP contribution in [0, 0.1) is 0 Å². The molecule has 0 radical (unpaired) electrons. The first-order valence-electron chi connectivity index (χ1n) is 5.38. The standard InChI is InChI=1S/C11H18N2O3S/c1-3-9-4-5-10(12)8-11(9)17(14,15)13-6-7-16-2/h4-5,8,13H,3,6-7,12H2,1-2H3. The van der Waals surface area contributed by atoms with Crippen molar-refractivity contribution in [2.24, 2.45) is 0 Å². The normalized spacial score (nSPS) is 11.6. The first-order valence-corrected chi connectivity index (χ1v) is 6.86. The van der Waals surface area contributed by atoms with E-state index in [-0.39, 0.29) is 11.4 Å². The molecule has 0 amide bonds. The van der Waals surface area contributed by atoms with Gasteiger partial charge in [0.05, 0.1) is 11.5 Å². The van der Waals surface area contributed by atoms with E-state index >= 15 is 0 Å². The van der Waals surface area contributed by atoms with Gasteiger partial charge in [-0.15, -0.1) is 0 Å². The Bertz CT molecular complexity index is 472. The van der Waals surface area contributed by atoms with E-state index in [1.165, 1.54) is 13.2 Å². The van der Waals surface area contributed by atoms with E-state index in [0.717, 1.165) is 5.56 Å². The lowest BCUT2D eigenvalue weighted by Crippen LogP contribution is -2.28. The van der Waals surface area contributed by atoms with Gasteiger partial charge < -0.3 is 10.5 Å². The fourth-order valence-electron chi connectivity index (χ4n) is 1.47. The molecule has 0 heterocycles. The SMILES string of the molecule is CCc1ccc(N)cc1S(=O)(=O)NCCOC. The number of benzene rings is 1. The molecule has 6 heteroatoms. The van der Waals surface area contributed by atoms with E-state index in [1.54, 1.807) is 12.1 Å². The zero-order valence-electron chi connectivity index (χ0n) is 10.1. The number of hydrogen-bond acceptors (Lipinski definition) is 4. The van der Waals surface area contributed by atoms with Crippen LogP contribution in [0.25, 0.3) is 0 Å². The highest BCUT2D eigenvalue weighted by Gasteiger charge is 2.17. The monoisotopic (exact) mass is 258 g/mol. The van der Waals surface area contributed by atoms with Crippen LogP contribution in [-0.4, -0.2) is 28.7 Å². The third-order valence-electron chi connectivity index (χ3n) is 2.36. The largest absolute Gasteiger partial charge is 0.399 e. The van der Waals surface area contributed by atoms with Crippen molar-refractivity contribution in [3.8, 4) is 0 Å². The number of methoxy groups -OCH3 is 1. The molecular weight excluding hydrogens is 240 g/mol. The summed E-state index contributed by atoms with van der Waals surface area (Å²) in [5.74, 6) is 0. The molecule has 17 heavy (non-hydrogen) atoms. The molecule has 0 aliphatic carbocycles. The van der Waals surface area contributed by atoms with Crippen LogP contribution >= 0.6 is 0 Å². The van der Waals surface area contributed by atoms with Crippen molar-refractivity contribution in [2.45, 2.75) is 18.2 Å². The number of aryl methyl sites for hydroxylation is 1. The van der Waals surface area contributed by atoms with E-state index in [9.17, 15) is 8.42 Å². The third kappa shape index (κ3) is 3.69. The Kier molecular flexibility index (Phi) is 4.92. The Morgan fingerprint density at radius 3 is 2.71 bits per heavy atom. The quantitative estimate of drug-likeness (QED) is 0.583. The Morgan fingerprint density at radius 1 is 1.41 bits per heavy atom. The summed E-state index contributed by atoms with van der Waals surface area (Å²) in [7, 11) is -1.99. The summed E-state index contributed by atoms with van der Waals surface area (Å²) in [5.41, 5.74) is 6.81. The van der Waals surface area contributed by atoms with Crippen molar-refractivity contribution >= 4 is 15.7 Å². The molecule has 3 N–H and O–H groups in total. The molecular formula is C11H18N2O3S. The van der Waals surface area contributed by atoms with E-state index in [4.69, 9.17) is 10.5 Å². The van der Waals surface area contributed by atoms with Gasteiger partial charge in [-0.05, 0) is 24.1 Å². The molecule has 0 aliphatic heterocycles. The molecule has 0 bridgehead atoms. The molecule has 0 unspecified atom stereocenters. The van der Waals surface area contributed by atoms with Gasteiger partial charge in [0, 0.05) is 19.3 Å². The Balaban J connectivity index is 3.00. The van der Waals surface area contributed by atoms with Crippen molar-refractivity contribution < 1.29 is 13.2 Å². The molecule has 1 aromatic carbocycles. The number of sulfonamides is 1. The molecule has 5 nitrogen and oxygen atoms in total. The van der Waals surface area contributed by atoms with Crippen LogP contribution in [0.15, 0.2) is 23.1 Å². The van der Waals surface area contributed by atoms with Crippen molar-refractivity contribution in [3.63, 3.8) is 0 Å². The Labute approximate surface area is 102 Å². The summed E-state index contributed by atoms with van der Waals surface area (Å²) in [5, 5.41) is 0. The Hall–Kier alpha value is -1.11. The highest BCUT2D eigenvalue weighted by Crippen LogP contribution is 2.19. The van der Waals surface area contributed by atoms with E-state index in [0.29, 0.717) is 18.7 Å². The lowest BCUT2D eigenvalue weighted by Gasteiger charge is -2.11. The predicted octanol–water partition coefficient (Wildman–Crippen LogP) is 0.756. The zero-order valence-corrected chi connectivity index (χ0v) is 10.9. The van der Waals surface area contributed by atoms with Gasteiger partial charge in [0.2, 0.25) is 10.0 Å². The molecule has 0 atom stereocenters. The lowest BCUT2D eigenvalue weighted by atomic mass is 10.1. The molecule has 96 valence electrons. The van der Waals surface area contributed by atoms with Crippen molar-refractivity contribution in [1.82, 2.24) is 4.72 Å². The lowest BCUT2D eigenvalue weighted by molar-refractivity contribution is 0.204. The number of nitrogens with one attached hydrogen (secondary N) is 1. The minimum absolute atomic E-state index is 0.246. The van der Waals surface area contributed by atoms with E-state index in [2.05, 4.69) is 4.72 Å². The fraction of sp³-hybridized carbons (Fsp3) is 0.455. The number of anilines is 1. The summed E-state index contributed by atoms with van der Waals surface area (Å²) < 4.78 is 31.3. The van der Waals surface area contributed by atoms with Crippen molar-refractivity contribution in [1.29, 1.82) is 0 Å². The average Bonchev–Trinajstić information content (AvgIpc) is 2.29. The highest BCUT2D eigenvalue weighted by molar-refractivity contribution is 7.89. The van der Waals surface area contributed by atoms with Gasteiger partial charge in [0.1, 0.15) is 0 Å². The number of hydrogen-bond donors (Lipinski definition) is 2. The highest BCUT2D eigenvalue weighted by atomic mass is 32.2. The van der Waals surface area contributed by atoms with Gasteiger partial charge in [0.15, 0.2) is 0 Å². The fourth-order valence-corrected chi connectivity index (χ4v) is 2.83. The van der Waals surface area contributed by atoms with Crippen LogP contribution in [-0.2, 0) is 21.2 Å². The summed E-state index contributed by atoms with van der Waals surface area (Å²) >= 11 is 0. The van der Waals surface area contributed by atoms with E-state index in [1.807, 2.05) is 6.92 Å². The molecule has 0 spiro atoms. The van der Waals surface area contributed by atoms with Gasteiger partial charge in [-0.1, -0.05) is 13.0 Å². The molecule has 1 aromatic rings. The molecule has 0 fully saturated rings. The smallest absolute Gasteiger partial charge is 0.240 e. The molecule has 0 saturated heterocycles. The maximum Gasteiger partial charge on any atom is 0.240 e. The first-order chi connectivity index (χ1) is 8.01. The van der Waals surface area contributed by atoms with Crippen LogP contribution in [0.1, 0.15) is 12.5 Å². The Morgan fingerprint density at radius 2 is 2.12 bits per heavy atom. The molecule has 0 aromatic heterocycles. The van der Waals surface area contributed by atoms with Crippen LogP contribution < -0.4 is 10.5 Å². The first kappa shape index (κ1) is 14.0. The van der Waals surface area contributed by atoms with Gasteiger partial charge in [-0.3, -0.25) is 0 Å². The number of rotatable bonds is 6. The van der Waals surface area contributed by atoms with Crippen LogP contribution in [0.4, 0.5) is 5.69 Å². The van der Waals surface area contributed by atoms with Gasteiger partial charge in [0.25, 0.3) is 0 Å². The molecule has 0 aliphatic rings. The zero-order chi connectivity index (χ0) is 12.9. The maximum atomic E-state index is 12.0. The second kappa shape index (κ2) is 6.00. The minimum Gasteiger partial charge on any atom is -0.399 e. The molecule has 1 rings (SSSR count). The summed E-state index contributed by atoms with van der Waals surface area (Å²) in [6.45, 7) is 2.49. The average molecular weight is 258 g/mol. The second-order valence-electron chi connectivity index (χ2n) is 3.61. The predicted molar refractivity (Wildman–Crippen MR) is 67.3 cm³/mol. The summed E-state index contributed by atoms with van der Waals surface area (Å²) in [6, 6.07) is 4.92. The molecule has 0 saturated carbocycles. The van der Waals surface area contributed by atoms with Crippen LogP contribution in [0.5, 0.6) is 0 Å². The van der Waals surface area contributed by atoms with Crippen molar-refractivity contribution in [3.05, 3.63) is 23.8 Å². The van der Waals surface area contributed by atoms with E-state index < -0.39 is 10.0 Å². The maximum absolute atomic E-state index is 12.0. The number of nitrogen functional groups attached to an aromatic ring is 1. The minimum atomic E-state index is -3.51. The van der Waals surface area contributed by atoms with Gasteiger partial charge in [-0.2, -0.15) is 0 Å². The van der Waals surface area contributed by atoms with Gasteiger partial charge >= 0.3 is 0 Å². The third-order valence-corrected chi connectivity index (χ3v) is 3.90. The van der Waals surface area contributed by atoms with Gasteiger partial charge in [-0.25, -0.2) is 13.1 Å². The summed E-state index contributed by atoms with van der Waals surface area (Å²) in [6.07, 6.45) is 0.640. The number of ether oxygens (including phenoxy) is 1. The second-order valence-corrected chi connectivity index (χ2v) is 5.35. The van der Waals surface area contributed by atoms with Crippen LogP contribution in [0.3, 0.4) is 0 Å². The number of nitrogens with two attached hydrogens (primary N) is 1. The van der Waals surface area contributed by atoms with Crippen molar-refractivity contribution in [2.75, 3.05) is 26.0 Å².